The molecule has 0 aliphatic heterocycles. The first-order chi connectivity index (χ1) is 8.88. The summed E-state index contributed by atoms with van der Waals surface area (Å²) in [4.78, 5) is 0.0624. The van der Waals surface area contributed by atoms with E-state index in [0.717, 1.165) is 5.56 Å². The van der Waals surface area contributed by atoms with Gasteiger partial charge in [-0.3, -0.25) is 4.72 Å². The normalized spacial score (nSPS) is 11.3. The Hall–Kier alpha value is -1.86. The monoisotopic (exact) mass is 298 g/mol. The van der Waals surface area contributed by atoms with Crippen molar-refractivity contribution in [1.82, 2.24) is 10.2 Å². The highest BCUT2D eigenvalue weighted by Gasteiger charge is 2.15. The Kier molecular flexibility index (Phi) is 3.59. The summed E-state index contributed by atoms with van der Waals surface area (Å²) in [6, 6.07) is 7.36. The van der Waals surface area contributed by atoms with E-state index in [-0.39, 0.29) is 15.9 Å². The molecule has 1 aromatic heterocycles. The Morgan fingerprint density at radius 2 is 1.95 bits per heavy atom. The summed E-state index contributed by atoms with van der Waals surface area (Å²) >= 11 is 5.57. The molecule has 0 aliphatic rings. The molecule has 0 bridgehead atoms. The number of hydrogen-bond acceptors (Lipinski definition) is 5. The number of nitrogens with two attached hydrogens (primary N) is 1. The van der Waals surface area contributed by atoms with Crippen LogP contribution in [0, 0.1) is 6.92 Å². The predicted octanol–water partition coefficient (Wildman–Crippen LogP) is 1.82. The van der Waals surface area contributed by atoms with Crippen molar-refractivity contribution in [2.75, 3.05) is 10.5 Å². The summed E-state index contributed by atoms with van der Waals surface area (Å²) in [6.45, 7) is 1.80. The van der Waals surface area contributed by atoms with Gasteiger partial charge in [-0.25, -0.2) is 8.42 Å². The molecule has 8 heteroatoms. The SMILES string of the molecule is Cc1ccc(S(=O)(=O)Nc2ccc(Cl)nn2)cc1N. The number of aromatic nitrogens is 2. The van der Waals surface area contributed by atoms with Crippen molar-refractivity contribution in [2.24, 2.45) is 0 Å². The molecule has 0 atom stereocenters. The van der Waals surface area contributed by atoms with E-state index in [0.29, 0.717) is 5.69 Å². The summed E-state index contributed by atoms with van der Waals surface area (Å²) in [5.74, 6) is 0.0866. The van der Waals surface area contributed by atoms with Crippen molar-refractivity contribution in [3.8, 4) is 0 Å². The molecule has 3 N–H and O–H groups in total. The second-order valence-corrected chi connectivity index (χ2v) is 5.93. The van der Waals surface area contributed by atoms with Gasteiger partial charge in [0.2, 0.25) is 0 Å². The Bertz CT molecular complexity index is 701. The summed E-state index contributed by atoms with van der Waals surface area (Å²) < 4.78 is 26.5. The van der Waals surface area contributed by atoms with E-state index >= 15 is 0 Å². The number of halogens is 1. The Balaban J connectivity index is 2.32. The minimum atomic E-state index is -3.74. The van der Waals surface area contributed by atoms with Crippen LogP contribution in [0.2, 0.25) is 5.15 Å². The summed E-state index contributed by atoms with van der Waals surface area (Å²) in [7, 11) is -3.74. The molecule has 2 rings (SSSR count). The van der Waals surface area contributed by atoms with Gasteiger partial charge < -0.3 is 5.73 Å². The molecule has 0 saturated heterocycles. The first-order valence-corrected chi connectivity index (χ1v) is 7.13. The van der Waals surface area contributed by atoms with Gasteiger partial charge in [-0.2, -0.15) is 0 Å². The molecule has 2 aromatic rings. The fraction of sp³-hybridized carbons (Fsp3) is 0.0909. The molecule has 0 radical (unpaired) electrons. The third-order valence-electron chi connectivity index (χ3n) is 2.43. The maximum Gasteiger partial charge on any atom is 0.263 e. The molecular weight excluding hydrogens is 288 g/mol. The number of nitrogen functional groups attached to an aromatic ring is 1. The maximum atomic E-state index is 12.1. The van der Waals surface area contributed by atoms with Crippen LogP contribution in [-0.4, -0.2) is 18.6 Å². The predicted molar refractivity (Wildman–Crippen MR) is 73.4 cm³/mol. The van der Waals surface area contributed by atoms with Gasteiger partial charge in [-0.15, -0.1) is 10.2 Å². The zero-order valence-corrected chi connectivity index (χ0v) is 11.5. The molecule has 1 aromatic carbocycles. The van der Waals surface area contributed by atoms with Gasteiger partial charge in [-0.1, -0.05) is 17.7 Å². The highest BCUT2D eigenvalue weighted by atomic mass is 35.5. The zero-order valence-electron chi connectivity index (χ0n) is 9.96. The average molecular weight is 299 g/mol. The summed E-state index contributed by atoms with van der Waals surface area (Å²) in [5.41, 5.74) is 6.91. The molecule has 0 spiro atoms. The van der Waals surface area contributed by atoms with E-state index < -0.39 is 10.0 Å². The molecule has 19 heavy (non-hydrogen) atoms. The topological polar surface area (TPSA) is 98.0 Å². The fourth-order valence-corrected chi connectivity index (χ4v) is 2.48. The van der Waals surface area contributed by atoms with E-state index in [9.17, 15) is 8.42 Å². The van der Waals surface area contributed by atoms with Gasteiger partial charge in [0.15, 0.2) is 11.0 Å². The number of anilines is 2. The molecule has 0 saturated carbocycles. The Morgan fingerprint density at radius 1 is 1.21 bits per heavy atom. The molecule has 100 valence electrons. The minimum Gasteiger partial charge on any atom is -0.398 e. The van der Waals surface area contributed by atoms with Crippen LogP contribution in [0.25, 0.3) is 0 Å². The van der Waals surface area contributed by atoms with Crippen molar-refractivity contribution in [1.29, 1.82) is 0 Å². The van der Waals surface area contributed by atoms with Crippen LogP contribution >= 0.6 is 11.6 Å². The number of sulfonamides is 1. The standard InChI is InChI=1S/C11H11ClN4O2S/c1-7-2-3-8(6-9(7)13)19(17,18)16-11-5-4-10(12)14-15-11/h2-6H,13H2,1H3,(H,15,16). The van der Waals surface area contributed by atoms with Gasteiger partial charge >= 0.3 is 0 Å². The van der Waals surface area contributed by atoms with Gasteiger partial charge in [0.25, 0.3) is 10.0 Å². The highest BCUT2D eigenvalue weighted by Crippen LogP contribution is 2.19. The van der Waals surface area contributed by atoms with Crippen LogP contribution in [0.1, 0.15) is 5.56 Å². The lowest BCUT2D eigenvalue weighted by Crippen LogP contribution is -2.14. The van der Waals surface area contributed by atoms with E-state index in [1.165, 1.54) is 24.3 Å². The number of nitrogens with one attached hydrogen (secondary N) is 1. The fourth-order valence-electron chi connectivity index (χ4n) is 1.35. The Labute approximate surface area is 115 Å². The summed E-state index contributed by atoms with van der Waals surface area (Å²) in [6.07, 6.45) is 0. The highest BCUT2D eigenvalue weighted by molar-refractivity contribution is 7.92. The number of rotatable bonds is 3. The molecule has 6 nitrogen and oxygen atoms in total. The van der Waals surface area contributed by atoms with Gasteiger partial charge in [0.05, 0.1) is 4.90 Å². The molecule has 0 unspecified atom stereocenters. The van der Waals surface area contributed by atoms with Gasteiger partial charge in [0.1, 0.15) is 0 Å². The van der Waals surface area contributed by atoms with Crippen LogP contribution in [0.4, 0.5) is 11.5 Å². The van der Waals surface area contributed by atoms with Crippen LogP contribution in [0.15, 0.2) is 35.2 Å². The molecule has 0 aliphatic carbocycles. The van der Waals surface area contributed by atoms with Gasteiger partial charge in [-0.05, 0) is 36.8 Å². The molecule has 0 fully saturated rings. The molecule has 0 amide bonds. The number of aryl methyl sites for hydroxylation is 1. The van der Waals surface area contributed by atoms with Crippen molar-refractivity contribution < 1.29 is 8.42 Å². The van der Waals surface area contributed by atoms with Crippen LogP contribution < -0.4 is 10.5 Å². The average Bonchev–Trinajstić information content (AvgIpc) is 2.35. The van der Waals surface area contributed by atoms with E-state index in [1.807, 2.05) is 0 Å². The minimum absolute atomic E-state index is 0.0624. The molecule has 1 heterocycles. The first-order valence-electron chi connectivity index (χ1n) is 5.27. The lowest BCUT2D eigenvalue weighted by atomic mass is 10.2. The lowest BCUT2D eigenvalue weighted by Gasteiger charge is -2.08. The van der Waals surface area contributed by atoms with Crippen molar-refractivity contribution in [3.05, 3.63) is 41.0 Å². The van der Waals surface area contributed by atoms with Gasteiger partial charge in [0, 0.05) is 5.69 Å². The molecular formula is C11H11ClN4O2S. The first kappa shape index (κ1) is 13.6. The summed E-state index contributed by atoms with van der Waals surface area (Å²) in [5, 5.41) is 7.36. The maximum absolute atomic E-state index is 12.1. The van der Waals surface area contributed by atoms with Crippen molar-refractivity contribution in [2.45, 2.75) is 11.8 Å². The van der Waals surface area contributed by atoms with Crippen LogP contribution in [0.3, 0.4) is 0 Å². The van der Waals surface area contributed by atoms with Crippen molar-refractivity contribution in [3.63, 3.8) is 0 Å². The largest absolute Gasteiger partial charge is 0.398 e. The number of benzene rings is 1. The number of hydrogen-bond donors (Lipinski definition) is 2. The van der Waals surface area contributed by atoms with E-state index in [2.05, 4.69) is 14.9 Å². The second-order valence-electron chi connectivity index (χ2n) is 3.87. The van der Waals surface area contributed by atoms with Crippen LogP contribution in [-0.2, 0) is 10.0 Å². The second kappa shape index (κ2) is 5.02. The number of nitrogens with zero attached hydrogens (tertiary/aromatic N) is 2. The van der Waals surface area contributed by atoms with E-state index in [4.69, 9.17) is 17.3 Å². The Morgan fingerprint density at radius 3 is 2.53 bits per heavy atom. The van der Waals surface area contributed by atoms with Crippen molar-refractivity contribution >= 4 is 33.1 Å². The quantitative estimate of drug-likeness (QED) is 0.842. The lowest BCUT2D eigenvalue weighted by molar-refractivity contribution is 0.601. The van der Waals surface area contributed by atoms with E-state index in [1.54, 1.807) is 13.0 Å². The smallest absolute Gasteiger partial charge is 0.263 e. The third-order valence-corrected chi connectivity index (χ3v) is 3.99. The zero-order chi connectivity index (χ0) is 14.0. The van der Waals surface area contributed by atoms with Crippen LogP contribution in [0.5, 0.6) is 0 Å². The third kappa shape index (κ3) is 3.12.